The molecule has 122 valence electrons. The molecule has 3 rings (SSSR count). The molecule has 23 heavy (non-hydrogen) atoms. The van der Waals surface area contributed by atoms with Gasteiger partial charge in [-0.15, -0.1) is 11.3 Å². The standard InChI is InChI=1S/C18H22N2O2S/c1-12-16(23-18(19-12)14-4-2-3-5-14)17(22)20-15-8-6-13(7-9-15)10-11-21/h6-9,14,21H,2-5,10-11H2,1H3,(H,20,22). The third-order valence-corrected chi connectivity index (χ3v) is 5.65. The molecule has 0 aliphatic heterocycles. The highest BCUT2D eigenvalue weighted by Gasteiger charge is 2.23. The van der Waals surface area contributed by atoms with Crippen molar-refractivity contribution in [3.05, 3.63) is 45.4 Å². The van der Waals surface area contributed by atoms with Gasteiger partial charge in [0.1, 0.15) is 4.88 Å². The molecule has 1 amide bonds. The highest BCUT2D eigenvalue weighted by Crippen LogP contribution is 2.37. The van der Waals surface area contributed by atoms with Gasteiger partial charge in [0.2, 0.25) is 0 Å². The Morgan fingerprint density at radius 1 is 1.30 bits per heavy atom. The zero-order chi connectivity index (χ0) is 16.2. The molecule has 2 aromatic rings. The third-order valence-electron chi connectivity index (χ3n) is 4.34. The van der Waals surface area contributed by atoms with Gasteiger partial charge in [-0.2, -0.15) is 0 Å². The molecule has 0 spiro atoms. The first-order valence-corrected chi connectivity index (χ1v) is 8.97. The van der Waals surface area contributed by atoms with Gasteiger partial charge < -0.3 is 10.4 Å². The number of nitrogens with one attached hydrogen (secondary N) is 1. The van der Waals surface area contributed by atoms with Crippen molar-refractivity contribution in [1.82, 2.24) is 4.98 Å². The number of hydrogen-bond acceptors (Lipinski definition) is 4. The Kier molecular flexibility index (Phi) is 5.08. The Labute approximate surface area is 140 Å². The van der Waals surface area contributed by atoms with Gasteiger partial charge in [0.15, 0.2) is 0 Å². The van der Waals surface area contributed by atoms with Crippen LogP contribution >= 0.6 is 11.3 Å². The first-order chi connectivity index (χ1) is 11.2. The summed E-state index contributed by atoms with van der Waals surface area (Å²) in [5.41, 5.74) is 2.65. The van der Waals surface area contributed by atoms with Gasteiger partial charge in [-0.05, 0) is 43.9 Å². The maximum absolute atomic E-state index is 12.5. The SMILES string of the molecule is Cc1nc(C2CCCC2)sc1C(=O)Nc1ccc(CCO)cc1. The van der Waals surface area contributed by atoms with Crippen LogP contribution in [0.15, 0.2) is 24.3 Å². The van der Waals surface area contributed by atoms with Crippen molar-refractivity contribution in [1.29, 1.82) is 0 Å². The van der Waals surface area contributed by atoms with E-state index in [9.17, 15) is 4.79 Å². The number of carbonyl (C=O) groups is 1. The average Bonchev–Trinajstić information content (AvgIpc) is 3.18. The summed E-state index contributed by atoms with van der Waals surface area (Å²) < 4.78 is 0. The van der Waals surface area contributed by atoms with Gasteiger partial charge in [0, 0.05) is 18.2 Å². The molecule has 4 nitrogen and oxygen atoms in total. The lowest BCUT2D eigenvalue weighted by Gasteiger charge is -2.05. The van der Waals surface area contributed by atoms with Crippen LogP contribution in [-0.4, -0.2) is 22.6 Å². The second-order valence-corrected chi connectivity index (χ2v) is 7.10. The van der Waals surface area contributed by atoms with Gasteiger partial charge >= 0.3 is 0 Å². The van der Waals surface area contributed by atoms with E-state index in [0.29, 0.717) is 17.2 Å². The molecule has 0 radical (unpaired) electrons. The van der Waals surface area contributed by atoms with E-state index in [4.69, 9.17) is 5.11 Å². The van der Waals surface area contributed by atoms with E-state index in [1.54, 1.807) is 0 Å². The van der Waals surface area contributed by atoms with Crippen LogP contribution in [0.1, 0.15) is 57.5 Å². The lowest BCUT2D eigenvalue weighted by atomic mass is 10.1. The fourth-order valence-corrected chi connectivity index (χ4v) is 4.18. The van der Waals surface area contributed by atoms with Gasteiger partial charge in [-0.1, -0.05) is 25.0 Å². The highest BCUT2D eigenvalue weighted by molar-refractivity contribution is 7.14. The number of amides is 1. The van der Waals surface area contributed by atoms with E-state index < -0.39 is 0 Å². The zero-order valence-electron chi connectivity index (χ0n) is 13.3. The van der Waals surface area contributed by atoms with E-state index in [0.717, 1.165) is 22.0 Å². The molecule has 0 atom stereocenters. The molecular formula is C18H22N2O2S. The summed E-state index contributed by atoms with van der Waals surface area (Å²) in [6.07, 6.45) is 5.56. The van der Waals surface area contributed by atoms with Gasteiger partial charge in [-0.25, -0.2) is 4.98 Å². The van der Waals surface area contributed by atoms with Crippen LogP contribution in [0.3, 0.4) is 0 Å². The van der Waals surface area contributed by atoms with Crippen LogP contribution in [-0.2, 0) is 6.42 Å². The predicted octanol–water partition coefficient (Wildman–Crippen LogP) is 3.90. The summed E-state index contributed by atoms with van der Waals surface area (Å²) in [7, 11) is 0. The number of aliphatic hydroxyl groups is 1. The molecule has 1 saturated carbocycles. The molecule has 2 N–H and O–H groups in total. The molecule has 1 aliphatic rings. The van der Waals surface area contributed by atoms with E-state index >= 15 is 0 Å². The first kappa shape index (κ1) is 16.1. The topological polar surface area (TPSA) is 62.2 Å². The molecule has 1 heterocycles. The summed E-state index contributed by atoms with van der Waals surface area (Å²) in [4.78, 5) is 17.8. The number of anilines is 1. The second kappa shape index (κ2) is 7.23. The molecule has 1 aliphatic carbocycles. The minimum Gasteiger partial charge on any atom is -0.396 e. The Bertz CT molecular complexity index is 673. The Hall–Kier alpha value is -1.72. The molecule has 0 saturated heterocycles. The smallest absolute Gasteiger partial charge is 0.267 e. The van der Waals surface area contributed by atoms with Crippen molar-refractivity contribution in [2.75, 3.05) is 11.9 Å². The molecule has 0 unspecified atom stereocenters. The zero-order valence-corrected chi connectivity index (χ0v) is 14.2. The second-order valence-electron chi connectivity index (χ2n) is 6.07. The number of aryl methyl sites for hydroxylation is 1. The van der Waals surface area contributed by atoms with E-state index in [2.05, 4.69) is 10.3 Å². The fraction of sp³-hybridized carbons (Fsp3) is 0.444. The summed E-state index contributed by atoms with van der Waals surface area (Å²) in [6, 6.07) is 7.60. The molecule has 5 heteroatoms. The summed E-state index contributed by atoms with van der Waals surface area (Å²) >= 11 is 1.54. The number of aliphatic hydroxyl groups excluding tert-OH is 1. The number of rotatable bonds is 5. The van der Waals surface area contributed by atoms with Crippen LogP contribution in [0.4, 0.5) is 5.69 Å². The molecule has 1 aromatic carbocycles. The van der Waals surface area contributed by atoms with Crippen LogP contribution in [0.25, 0.3) is 0 Å². The number of thiazole rings is 1. The maximum atomic E-state index is 12.5. The van der Waals surface area contributed by atoms with Gasteiger partial charge in [-0.3, -0.25) is 4.79 Å². The van der Waals surface area contributed by atoms with Crippen LogP contribution in [0.5, 0.6) is 0 Å². The number of benzene rings is 1. The largest absolute Gasteiger partial charge is 0.396 e. The number of nitrogens with zero attached hydrogens (tertiary/aromatic N) is 1. The maximum Gasteiger partial charge on any atom is 0.267 e. The number of aromatic nitrogens is 1. The number of hydrogen-bond donors (Lipinski definition) is 2. The van der Waals surface area contributed by atoms with Crippen molar-refractivity contribution in [3.63, 3.8) is 0 Å². The van der Waals surface area contributed by atoms with Gasteiger partial charge in [0.25, 0.3) is 5.91 Å². The molecular weight excluding hydrogens is 308 g/mol. The Balaban J connectivity index is 1.70. The fourth-order valence-electron chi connectivity index (χ4n) is 3.05. The quantitative estimate of drug-likeness (QED) is 0.874. The van der Waals surface area contributed by atoms with E-state index in [1.807, 2.05) is 31.2 Å². The Morgan fingerprint density at radius 2 is 2.00 bits per heavy atom. The summed E-state index contributed by atoms with van der Waals surface area (Å²) in [6.45, 7) is 2.05. The van der Waals surface area contributed by atoms with Gasteiger partial charge in [0.05, 0.1) is 10.7 Å². The Morgan fingerprint density at radius 3 is 2.65 bits per heavy atom. The monoisotopic (exact) mass is 330 g/mol. The molecule has 1 aromatic heterocycles. The lowest BCUT2D eigenvalue weighted by molar-refractivity contribution is 0.103. The predicted molar refractivity (Wildman–Crippen MR) is 93.2 cm³/mol. The van der Waals surface area contributed by atoms with Crippen molar-refractivity contribution in [2.45, 2.75) is 44.9 Å². The minimum atomic E-state index is -0.0841. The van der Waals surface area contributed by atoms with Crippen molar-refractivity contribution in [2.24, 2.45) is 0 Å². The van der Waals surface area contributed by atoms with Crippen molar-refractivity contribution >= 4 is 22.9 Å². The van der Waals surface area contributed by atoms with Crippen LogP contribution in [0, 0.1) is 6.92 Å². The lowest BCUT2D eigenvalue weighted by Crippen LogP contribution is -2.11. The van der Waals surface area contributed by atoms with E-state index in [-0.39, 0.29) is 12.5 Å². The summed E-state index contributed by atoms with van der Waals surface area (Å²) in [5.74, 6) is 0.456. The molecule has 0 bridgehead atoms. The minimum absolute atomic E-state index is 0.0841. The highest BCUT2D eigenvalue weighted by atomic mass is 32.1. The number of carbonyl (C=O) groups excluding carboxylic acids is 1. The first-order valence-electron chi connectivity index (χ1n) is 8.16. The van der Waals surface area contributed by atoms with Crippen molar-refractivity contribution < 1.29 is 9.90 Å². The van der Waals surface area contributed by atoms with Crippen LogP contribution in [0.2, 0.25) is 0 Å². The normalized spacial score (nSPS) is 15.0. The van der Waals surface area contributed by atoms with E-state index in [1.165, 1.54) is 37.0 Å². The summed E-state index contributed by atoms with van der Waals surface area (Å²) in [5, 5.41) is 13.0. The van der Waals surface area contributed by atoms with Crippen LogP contribution < -0.4 is 5.32 Å². The van der Waals surface area contributed by atoms with Crippen molar-refractivity contribution in [3.8, 4) is 0 Å². The molecule has 1 fully saturated rings. The third kappa shape index (κ3) is 3.79. The average molecular weight is 330 g/mol.